The van der Waals surface area contributed by atoms with Gasteiger partial charge in [-0.2, -0.15) is 11.8 Å². The molecule has 0 saturated carbocycles. The maximum atomic E-state index is 12.0. The number of nitrogens with one attached hydrogen (secondary N) is 2. The summed E-state index contributed by atoms with van der Waals surface area (Å²) in [6.07, 6.45) is 1.95. The van der Waals surface area contributed by atoms with E-state index in [1.54, 1.807) is 23.9 Å². The summed E-state index contributed by atoms with van der Waals surface area (Å²) in [5.41, 5.74) is 3.12. The number of anilines is 1. The fraction of sp³-hybridized carbons (Fsp3) is 0.455. The van der Waals surface area contributed by atoms with Crippen LogP contribution in [-0.4, -0.2) is 26.0 Å². The zero-order chi connectivity index (χ0) is 13.8. The lowest BCUT2D eigenvalue weighted by molar-refractivity contribution is 0.571. The number of hydrogen-bond donors (Lipinski definition) is 3. The van der Waals surface area contributed by atoms with E-state index in [1.807, 2.05) is 20.1 Å². The highest BCUT2D eigenvalue weighted by atomic mass is 32.2. The van der Waals surface area contributed by atoms with Gasteiger partial charge in [0.25, 0.3) is 0 Å². The van der Waals surface area contributed by atoms with Crippen molar-refractivity contribution in [1.82, 2.24) is 4.72 Å². The minimum Gasteiger partial charge on any atom is -0.324 e. The third-order valence-electron chi connectivity index (χ3n) is 2.57. The molecule has 4 N–H and O–H groups in total. The van der Waals surface area contributed by atoms with Gasteiger partial charge in [-0.15, -0.1) is 0 Å². The van der Waals surface area contributed by atoms with Crippen LogP contribution in [0.2, 0.25) is 0 Å². The van der Waals surface area contributed by atoms with Gasteiger partial charge in [-0.3, -0.25) is 5.84 Å². The predicted molar refractivity (Wildman–Crippen MR) is 77.0 cm³/mol. The zero-order valence-electron chi connectivity index (χ0n) is 10.7. The van der Waals surface area contributed by atoms with E-state index in [0.717, 1.165) is 0 Å². The highest BCUT2D eigenvalue weighted by Gasteiger charge is 2.21. The fourth-order valence-corrected chi connectivity index (χ4v) is 2.67. The maximum absolute atomic E-state index is 12.0. The lowest BCUT2D eigenvalue weighted by Crippen LogP contribution is -2.36. The number of thioether (sulfide) groups is 1. The van der Waals surface area contributed by atoms with Crippen LogP contribution in [0.4, 0.5) is 5.69 Å². The molecule has 0 amide bonds. The van der Waals surface area contributed by atoms with Crippen molar-refractivity contribution in [3.05, 3.63) is 24.3 Å². The molecule has 1 rings (SSSR count). The number of nitrogen functional groups attached to an aromatic ring is 1. The van der Waals surface area contributed by atoms with Crippen LogP contribution in [0.3, 0.4) is 0 Å². The first-order valence-corrected chi connectivity index (χ1v) is 8.13. The van der Waals surface area contributed by atoms with E-state index in [0.29, 0.717) is 12.2 Å². The summed E-state index contributed by atoms with van der Waals surface area (Å²) in [5.74, 6) is 5.22. The van der Waals surface area contributed by atoms with Crippen LogP contribution in [0.25, 0.3) is 0 Å². The summed E-state index contributed by atoms with van der Waals surface area (Å²) in [4.78, 5) is 0.235. The monoisotopic (exact) mass is 289 g/mol. The maximum Gasteiger partial charge on any atom is 0.240 e. The van der Waals surface area contributed by atoms with Crippen LogP contribution in [0, 0.1) is 0 Å². The standard InChI is InChI=1S/C11H19N3O2S2/c1-11(2,17-3)8-13-18(15,16)10-6-4-9(14-12)5-7-10/h4-7,13-14H,8,12H2,1-3H3. The molecular formula is C11H19N3O2S2. The van der Waals surface area contributed by atoms with Crippen molar-refractivity contribution in [3.63, 3.8) is 0 Å². The molecule has 0 aromatic heterocycles. The largest absolute Gasteiger partial charge is 0.324 e. The molecule has 1 aromatic carbocycles. The molecule has 0 aliphatic rings. The zero-order valence-corrected chi connectivity index (χ0v) is 12.4. The number of sulfonamides is 1. The Morgan fingerprint density at radius 2 is 1.83 bits per heavy atom. The van der Waals surface area contributed by atoms with Crippen molar-refractivity contribution in [2.75, 3.05) is 18.2 Å². The molecule has 0 aliphatic carbocycles. The van der Waals surface area contributed by atoms with E-state index in [2.05, 4.69) is 10.1 Å². The van der Waals surface area contributed by atoms with E-state index >= 15 is 0 Å². The summed E-state index contributed by atoms with van der Waals surface area (Å²) in [7, 11) is -3.46. The molecule has 0 spiro atoms. The number of hydrogen-bond acceptors (Lipinski definition) is 5. The Balaban J connectivity index is 2.80. The van der Waals surface area contributed by atoms with Crippen LogP contribution in [0.5, 0.6) is 0 Å². The van der Waals surface area contributed by atoms with Crippen molar-refractivity contribution in [2.45, 2.75) is 23.5 Å². The van der Waals surface area contributed by atoms with Crippen LogP contribution >= 0.6 is 11.8 Å². The lowest BCUT2D eigenvalue weighted by atomic mass is 10.2. The Kier molecular flexibility index (Phi) is 5.03. The molecule has 1 aromatic rings. The predicted octanol–water partition coefficient (Wildman–Crippen LogP) is 1.39. The molecule has 102 valence electrons. The highest BCUT2D eigenvalue weighted by Crippen LogP contribution is 2.21. The smallest absolute Gasteiger partial charge is 0.240 e. The van der Waals surface area contributed by atoms with E-state index in [9.17, 15) is 8.42 Å². The highest BCUT2D eigenvalue weighted by molar-refractivity contribution is 8.00. The van der Waals surface area contributed by atoms with Gasteiger partial charge in [0, 0.05) is 17.0 Å². The van der Waals surface area contributed by atoms with E-state index in [-0.39, 0.29) is 9.64 Å². The molecular weight excluding hydrogens is 270 g/mol. The van der Waals surface area contributed by atoms with Crippen molar-refractivity contribution in [1.29, 1.82) is 0 Å². The van der Waals surface area contributed by atoms with Gasteiger partial charge in [-0.05, 0) is 44.4 Å². The second-order valence-electron chi connectivity index (χ2n) is 4.46. The Morgan fingerprint density at radius 1 is 1.28 bits per heavy atom. The molecule has 0 saturated heterocycles. The van der Waals surface area contributed by atoms with Crippen LogP contribution in [0.15, 0.2) is 29.2 Å². The van der Waals surface area contributed by atoms with Gasteiger partial charge >= 0.3 is 0 Å². The van der Waals surface area contributed by atoms with Gasteiger partial charge in [-0.1, -0.05) is 0 Å². The average molecular weight is 289 g/mol. The summed E-state index contributed by atoms with van der Waals surface area (Å²) < 4.78 is 26.5. The summed E-state index contributed by atoms with van der Waals surface area (Å²) in [6, 6.07) is 6.27. The molecule has 0 atom stereocenters. The minimum atomic E-state index is -3.46. The second kappa shape index (κ2) is 5.92. The SMILES string of the molecule is CSC(C)(C)CNS(=O)(=O)c1ccc(NN)cc1. The Labute approximate surface area is 113 Å². The molecule has 18 heavy (non-hydrogen) atoms. The lowest BCUT2D eigenvalue weighted by Gasteiger charge is -2.22. The van der Waals surface area contributed by atoms with Crippen LogP contribution < -0.4 is 16.0 Å². The number of rotatable bonds is 6. The minimum absolute atomic E-state index is 0.133. The molecule has 0 heterocycles. The van der Waals surface area contributed by atoms with E-state index < -0.39 is 10.0 Å². The van der Waals surface area contributed by atoms with Crippen molar-refractivity contribution < 1.29 is 8.42 Å². The third-order valence-corrected chi connectivity index (χ3v) is 5.24. The molecule has 0 unspecified atom stereocenters. The van der Waals surface area contributed by atoms with Gasteiger partial charge in [0.2, 0.25) is 10.0 Å². The van der Waals surface area contributed by atoms with Gasteiger partial charge in [0.05, 0.1) is 4.90 Å². The normalized spacial score (nSPS) is 12.4. The van der Waals surface area contributed by atoms with E-state index in [4.69, 9.17) is 5.84 Å². The number of hydrazine groups is 1. The van der Waals surface area contributed by atoms with Gasteiger partial charge in [-0.25, -0.2) is 13.1 Å². The first kappa shape index (κ1) is 15.3. The molecule has 0 bridgehead atoms. The average Bonchev–Trinajstić information content (AvgIpc) is 2.37. The first-order chi connectivity index (χ1) is 8.30. The Morgan fingerprint density at radius 3 is 2.28 bits per heavy atom. The van der Waals surface area contributed by atoms with Gasteiger partial charge in [0.1, 0.15) is 0 Å². The van der Waals surface area contributed by atoms with Gasteiger partial charge in [0.15, 0.2) is 0 Å². The molecule has 0 aliphatic heterocycles. The Hall–Kier alpha value is -0.760. The fourth-order valence-electron chi connectivity index (χ4n) is 1.15. The number of benzene rings is 1. The van der Waals surface area contributed by atoms with Crippen LogP contribution in [-0.2, 0) is 10.0 Å². The second-order valence-corrected chi connectivity index (χ2v) is 7.74. The number of nitrogens with two attached hydrogens (primary N) is 1. The van der Waals surface area contributed by atoms with E-state index in [1.165, 1.54) is 12.1 Å². The Bertz CT molecular complexity index is 484. The van der Waals surface area contributed by atoms with Crippen molar-refractivity contribution >= 4 is 27.5 Å². The topological polar surface area (TPSA) is 84.2 Å². The molecule has 0 fully saturated rings. The summed E-state index contributed by atoms with van der Waals surface area (Å²) >= 11 is 1.62. The first-order valence-electron chi connectivity index (χ1n) is 5.42. The van der Waals surface area contributed by atoms with Crippen molar-refractivity contribution in [2.24, 2.45) is 5.84 Å². The van der Waals surface area contributed by atoms with Crippen molar-refractivity contribution in [3.8, 4) is 0 Å². The molecule has 5 nitrogen and oxygen atoms in total. The summed E-state index contributed by atoms with van der Waals surface area (Å²) in [5, 5.41) is 0. The quantitative estimate of drug-likeness (QED) is 0.544. The molecule has 0 radical (unpaired) electrons. The van der Waals surface area contributed by atoms with Gasteiger partial charge < -0.3 is 5.43 Å². The summed E-state index contributed by atoms with van der Waals surface area (Å²) in [6.45, 7) is 4.36. The third kappa shape index (κ3) is 4.16. The van der Waals surface area contributed by atoms with Crippen LogP contribution in [0.1, 0.15) is 13.8 Å². The molecule has 7 heteroatoms.